The number of nitrogens with one attached hydrogen (secondary N) is 1. The third-order valence-corrected chi connectivity index (χ3v) is 5.27. The number of nitrogens with zero attached hydrogens (tertiary/aromatic N) is 4. The summed E-state index contributed by atoms with van der Waals surface area (Å²) in [4.78, 5) is 22.0. The lowest BCUT2D eigenvalue weighted by Crippen LogP contribution is -2.14. The van der Waals surface area contributed by atoms with Crippen LogP contribution in [0.5, 0.6) is 0 Å². The van der Waals surface area contributed by atoms with Crippen molar-refractivity contribution in [3.8, 4) is 17.1 Å². The summed E-state index contributed by atoms with van der Waals surface area (Å²) in [7, 11) is 0. The maximum absolute atomic E-state index is 13.3. The second-order valence-corrected chi connectivity index (χ2v) is 7.32. The quantitative estimate of drug-likeness (QED) is 0.419. The number of pyridine rings is 1. The number of aromatic nitrogens is 4. The van der Waals surface area contributed by atoms with Crippen LogP contribution in [0.1, 0.15) is 16.1 Å². The van der Waals surface area contributed by atoms with Crippen LogP contribution in [0.15, 0.2) is 77.8 Å². The minimum atomic E-state index is -0.351. The smallest absolute Gasteiger partial charge is 0.261 e. The first-order valence-electron chi connectivity index (χ1n) is 9.52. The molecule has 2 aromatic carbocycles. The minimum Gasteiger partial charge on any atom is -0.360 e. The SMILES string of the molecule is Cc1onc(-c2ccccc2Cl)c1C(=O)Nc1cccc2ccc(-n3ccnc3)nc12. The number of imidazole rings is 1. The van der Waals surface area contributed by atoms with Gasteiger partial charge in [-0.1, -0.05) is 47.1 Å². The van der Waals surface area contributed by atoms with Gasteiger partial charge in [0.1, 0.15) is 29.2 Å². The molecule has 8 heteroatoms. The second kappa shape index (κ2) is 7.70. The van der Waals surface area contributed by atoms with Crippen molar-refractivity contribution < 1.29 is 9.32 Å². The Hall–Kier alpha value is -3.97. The van der Waals surface area contributed by atoms with Crippen molar-refractivity contribution in [1.82, 2.24) is 19.7 Å². The highest BCUT2D eigenvalue weighted by Gasteiger charge is 2.23. The fraction of sp³-hybridized carbons (Fsp3) is 0.0435. The molecule has 0 aliphatic rings. The molecule has 0 spiro atoms. The lowest BCUT2D eigenvalue weighted by atomic mass is 10.1. The molecule has 3 heterocycles. The lowest BCUT2D eigenvalue weighted by molar-refractivity contribution is 0.102. The van der Waals surface area contributed by atoms with Crippen molar-refractivity contribution in [2.45, 2.75) is 6.92 Å². The van der Waals surface area contributed by atoms with Gasteiger partial charge in [-0.25, -0.2) is 9.97 Å². The van der Waals surface area contributed by atoms with E-state index < -0.39 is 0 Å². The Kier molecular flexibility index (Phi) is 4.72. The van der Waals surface area contributed by atoms with Gasteiger partial charge in [0.05, 0.1) is 16.2 Å². The molecule has 0 aliphatic heterocycles. The summed E-state index contributed by atoms with van der Waals surface area (Å²) in [5.41, 5.74) is 2.60. The molecular weight excluding hydrogens is 414 g/mol. The Balaban J connectivity index is 1.56. The topological polar surface area (TPSA) is 85.8 Å². The first-order chi connectivity index (χ1) is 15.1. The van der Waals surface area contributed by atoms with Gasteiger partial charge >= 0.3 is 0 Å². The van der Waals surface area contributed by atoms with E-state index in [-0.39, 0.29) is 5.91 Å². The van der Waals surface area contributed by atoms with E-state index in [2.05, 4.69) is 15.5 Å². The molecule has 0 bridgehead atoms. The number of fused-ring (bicyclic) bond motifs is 1. The van der Waals surface area contributed by atoms with Crippen molar-refractivity contribution in [1.29, 1.82) is 0 Å². The maximum Gasteiger partial charge on any atom is 0.261 e. The molecule has 5 rings (SSSR count). The Morgan fingerprint density at radius 2 is 1.97 bits per heavy atom. The average molecular weight is 430 g/mol. The molecular formula is C23H16ClN5O2. The number of rotatable bonds is 4. The van der Waals surface area contributed by atoms with Crippen molar-refractivity contribution in [2.24, 2.45) is 0 Å². The van der Waals surface area contributed by atoms with Gasteiger partial charge in [0, 0.05) is 23.3 Å². The highest BCUT2D eigenvalue weighted by molar-refractivity contribution is 6.33. The number of para-hydroxylation sites is 1. The third kappa shape index (κ3) is 3.45. The van der Waals surface area contributed by atoms with Crippen molar-refractivity contribution in [3.63, 3.8) is 0 Å². The summed E-state index contributed by atoms with van der Waals surface area (Å²) >= 11 is 6.32. The zero-order valence-electron chi connectivity index (χ0n) is 16.4. The van der Waals surface area contributed by atoms with E-state index in [1.807, 2.05) is 48.7 Å². The summed E-state index contributed by atoms with van der Waals surface area (Å²) in [6.45, 7) is 1.70. The molecule has 0 aliphatic carbocycles. The van der Waals surface area contributed by atoms with Crippen LogP contribution in [0.25, 0.3) is 28.0 Å². The van der Waals surface area contributed by atoms with Crippen LogP contribution in [-0.2, 0) is 0 Å². The number of hydrogen-bond acceptors (Lipinski definition) is 5. The van der Waals surface area contributed by atoms with E-state index in [1.54, 1.807) is 36.1 Å². The molecule has 0 fully saturated rings. The molecule has 1 amide bonds. The van der Waals surface area contributed by atoms with E-state index in [9.17, 15) is 4.79 Å². The molecule has 1 N–H and O–H groups in total. The number of carbonyl (C=O) groups is 1. The van der Waals surface area contributed by atoms with Crippen LogP contribution in [0, 0.1) is 6.92 Å². The number of halogens is 1. The molecule has 0 radical (unpaired) electrons. The van der Waals surface area contributed by atoms with Crippen LogP contribution in [0.4, 0.5) is 5.69 Å². The van der Waals surface area contributed by atoms with Gasteiger partial charge in [0.15, 0.2) is 0 Å². The fourth-order valence-electron chi connectivity index (χ4n) is 3.44. The van der Waals surface area contributed by atoms with Crippen molar-refractivity contribution in [2.75, 3.05) is 5.32 Å². The molecule has 31 heavy (non-hydrogen) atoms. The summed E-state index contributed by atoms with van der Waals surface area (Å²) in [6.07, 6.45) is 5.17. The number of amides is 1. The van der Waals surface area contributed by atoms with E-state index in [0.717, 1.165) is 5.39 Å². The minimum absolute atomic E-state index is 0.330. The van der Waals surface area contributed by atoms with Crippen LogP contribution in [0.3, 0.4) is 0 Å². The number of aryl methyl sites for hydroxylation is 1. The molecule has 7 nitrogen and oxygen atoms in total. The molecule has 3 aromatic heterocycles. The molecule has 152 valence electrons. The molecule has 0 saturated heterocycles. The first-order valence-corrected chi connectivity index (χ1v) is 9.90. The van der Waals surface area contributed by atoms with Gasteiger partial charge < -0.3 is 9.84 Å². The van der Waals surface area contributed by atoms with E-state index >= 15 is 0 Å². The van der Waals surface area contributed by atoms with Crippen molar-refractivity contribution >= 4 is 34.1 Å². The van der Waals surface area contributed by atoms with E-state index in [1.165, 1.54) is 0 Å². The second-order valence-electron chi connectivity index (χ2n) is 6.91. The Morgan fingerprint density at radius 1 is 1.10 bits per heavy atom. The van der Waals surface area contributed by atoms with E-state index in [0.29, 0.717) is 44.6 Å². The molecule has 0 unspecified atom stereocenters. The van der Waals surface area contributed by atoms with Gasteiger partial charge in [-0.15, -0.1) is 0 Å². The zero-order valence-corrected chi connectivity index (χ0v) is 17.2. The predicted octanol–water partition coefficient (Wildman–Crippen LogP) is 5.29. The van der Waals surface area contributed by atoms with Crippen molar-refractivity contribution in [3.05, 3.63) is 89.7 Å². The Morgan fingerprint density at radius 3 is 2.77 bits per heavy atom. The number of benzene rings is 2. The third-order valence-electron chi connectivity index (χ3n) is 4.94. The normalized spacial score (nSPS) is 11.0. The summed E-state index contributed by atoms with van der Waals surface area (Å²) < 4.78 is 7.13. The number of carbonyl (C=O) groups excluding carboxylic acids is 1. The van der Waals surface area contributed by atoms with Crippen LogP contribution < -0.4 is 5.32 Å². The van der Waals surface area contributed by atoms with Crippen LogP contribution in [0.2, 0.25) is 5.02 Å². The van der Waals surface area contributed by atoms with Gasteiger partial charge in [-0.05, 0) is 31.2 Å². The molecule has 0 saturated carbocycles. The standard InChI is InChI=1S/C23H16ClN5O2/c1-14-20(22(28-31-14)16-6-2-3-7-17(16)24)23(30)26-18-8-4-5-15-9-10-19(27-21(15)18)29-12-11-25-13-29/h2-13H,1H3,(H,26,30). The Bertz CT molecular complexity index is 1410. The Labute approximate surface area is 182 Å². The highest BCUT2D eigenvalue weighted by Crippen LogP contribution is 2.32. The fourth-order valence-corrected chi connectivity index (χ4v) is 3.66. The van der Waals surface area contributed by atoms with Gasteiger partial charge in [0.2, 0.25) is 0 Å². The largest absolute Gasteiger partial charge is 0.360 e. The van der Waals surface area contributed by atoms with Crippen LogP contribution >= 0.6 is 11.6 Å². The molecule has 0 atom stereocenters. The van der Waals surface area contributed by atoms with Gasteiger partial charge in [-0.2, -0.15) is 0 Å². The monoisotopic (exact) mass is 429 g/mol. The lowest BCUT2D eigenvalue weighted by Gasteiger charge is -2.10. The average Bonchev–Trinajstić information content (AvgIpc) is 3.44. The van der Waals surface area contributed by atoms with Gasteiger partial charge in [-0.3, -0.25) is 9.36 Å². The van der Waals surface area contributed by atoms with E-state index in [4.69, 9.17) is 21.1 Å². The first kappa shape index (κ1) is 19.0. The number of hydrogen-bond donors (Lipinski definition) is 1. The number of anilines is 1. The molecule has 5 aromatic rings. The summed E-state index contributed by atoms with van der Waals surface area (Å²) in [5, 5.41) is 8.42. The van der Waals surface area contributed by atoms with Gasteiger partial charge in [0.25, 0.3) is 5.91 Å². The van der Waals surface area contributed by atoms with Crippen LogP contribution in [-0.4, -0.2) is 25.6 Å². The maximum atomic E-state index is 13.3. The highest BCUT2D eigenvalue weighted by atomic mass is 35.5. The summed E-state index contributed by atoms with van der Waals surface area (Å²) in [5.74, 6) is 0.750. The summed E-state index contributed by atoms with van der Waals surface area (Å²) in [6, 6.07) is 16.7. The predicted molar refractivity (Wildman–Crippen MR) is 119 cm³/mol. The zero-order chi connectivity index (χ0) is 21.4.